The third kappa shape index (κ3) is 7.53. The zero-order chi connectivity index (χ0) is 30.2. The van der Waals surface area contributed by atoms with Crippen LogP contribution in [-0.4, -0.2) is 35.3 Å². The maximum Gasteiger partial charge on any atom is 0.264 e. The van der Waals surface area contributed by atoms with Gasteiger partial charge >= 0.3 is 0 Å². The average molecular weight is 643 g/mol. The van der Waals surface area contributed by atoms with E-state index in [0.717, 1.165) is 45.5 Å². The Bertz CT molecular complexity index is 1660. The fraction of sp³-hybridized carbons (Fsp3) is 0.265. The van der Waals surface area contributed by atoms with E-state index in [1.807, 2.05) is 85.1 Å². The number of fused-ring (bicyclic) bond motifs is 1. The summed E-state index contributed by atoms with van der Waals surface area (Å²) in [5.74, 6) is 2.70. The van der Waals surface area contributed by atoms with Gasteiger partial charge in [0.1, 0.15) is 22.7 Å². The summed E-state index contributed by atoms with van der Waals surface area (Å²) in [5.41, 5.74) is 3.69. The van der Waals surface area contributed by atoms with Crippen LogP contribution in [0, 0.1) is 0 Å². The number of hydrogen-bond donors (Lipinski definition) is 1. The van der Waals surface area contributed by atoms with Crippen molar-refractivity contribution in [3.05, 3.63) is 117 Å². The predicted octanol–water partition coefficient (Wildman–Crippen LogP) is 7.04. The van der Waals surface area contributed by atoms with E-state index in [1.54, 1.807) is 18.8 Å². The van der Waals surface area contributed by atoms with Gasteiger partial charge < -0.3 is 24.3 Å². The van der Waals surface area contributed by atoms with Gasteiger partial charge in [0.2, 0.25) is 5.95 Å². The number of rotatable bonds is 13. The Morgan fingerprint density at radius 2 is 1.40 bits per heavy atom. The van der Waals surface area contributed by atoms with Gasteiger partial charge in [0, 0.05) is 30.3 Å². The lowest BCUT2D eigenvalue weighted by Crippen LogP contribution is -2.27. The van der Waals surface area contributed by atoms with Crippen molar-refractivity contribution in [1.29, 1.82) is 0 Å². The number of pyridine rings is 1. The van der Waals surface area contributed by atoms with Crippen LogP contribution in [0.15, 0.2) is 94.3 Å². The van der Waals surface area contributed by atoms with Crippen LogP contribution in [0.3, 0.4) is 0 Å². The van der Waals surface area contributed by atoms with Crippen LogP contribution >= 0.6 is 15.9 Å². The van der Waals surface area contributed by atoms with Crippen molar-refractivity contribution in [2.24, 2.45) is 0 Å². The molecule has 0 amide bonds. The number of nitrogens with zero attached hydrogens (tertiary/aromatic N) is 4. The van der Waals surface area contributed by atoms with E-state index in [1.165, 1.54) is 0 Å². The number of benzene rings is 3. The minimum absolute atomic E-state index is 0.122. The number of methoxy groups -OCH3 is 2. The molecule has 222 valence electrons. The monoisotopic (exact) mass is 641 g/mol. The quantitative estimate of drug-likeness (QED) is 0.138. The Morgan fingerprint density at radius 3 is 1.95 bits per heavy atom. The molecule has 1 N–H and O–H groups in total. The van der Waals surface area contributed by atoms with Crippen LogP contribution in [0.4, 0.5) is 11.8 Å². The summed E-state index contributed by atoms with van der Waals surface area (Å²) < 4.78 is 13.4. The van der Waals surface area contributed by atoms with E-state index in [9.17, 15) is 4.79 Å². The average Bonchev–Trinajstić information content (AvgIpc) is 3.03. The number of hydrogen-bond acceptors (Lipinski definition) is 7. The van der Waals surface area contributed by atoms with Crippen LogP contribution in [0.2, 0.25) is 0 Å². The second-order valence-corrected chi connectivity index (χ2v) is 11.3. The molecule has 2 heterocycles. The second kappa shape index (κ2) is 14.2. The minimum Gasteiger partial charge on any atom is -0.497 e. The maximum atomic E-state index is 13.8. The normalized spacial score (nSPS) is 11.0. The molecule has 43 heavy (non-hydrogen) atoms. The highest BCUT2D eigenvalue weighted by Gasteiger charge is 2.18. The molecule has 0 bridgehead atoms. The number of nitrogens with one attached hydrogen (secondary N) is 1. The van der Waals surface area contributed by atoms with Crippen molar-refractivity contribution < 1.29 is 9.47 Å². The van der Waals surface area contributed by atoms with E-state index in [4.69, 9.17) is 19.4 Å². The molecular weight excluding hydrogens is 606 g/mol. The first-order chi connectivity index (χ1) is 21.0. The van der Waals surface area contributed by atoms with Gasteiger partial charge in [-0.2, -0.15) is 4.98 Å². The van der Waals surface area contributed by atoms with Crippen LogP contribution in [0.5, 0.6) is 11.5 Å². The summed E-state index contributed by atoms with van der Waals surface area (Å²) >= 11 is 3.48. The zero-order valence-corrected chi connectivity index (χ0v) is 26.3. The van der Waals surface area contributed by atoms with Gasteiger partial charge in [0.05, 0.1) is 26.3 Å². The van der Waals surface area contributed by atoms with Crippen molar-refractivity contribution in [3.8, 4) is 11.5 Å². The second-order valence-electron chi connectivity index (χ2n) is 10.3. The van der Waals surface area contributed by atoms with Gasteiger partial charge in [-0.25, -0.2) is 4.98 Å². The number of halogens is 1. The molecular formula is C34H36BrN5O3. The van der Waals surface area contributed by atoms with Crippen molar-refractivity contribution in [2.45, 2.75) is 39.4 Å². The van der Waals surface area contributed by atoms with Gasteiger partial charge in [-0.3, -0.25) is 4.79 Å². The highest BCUT2D eigenvalue weighted by molar-refractivity contribution is 9.10. The lowest BCUT2D eigenvalue weighted by molar-refractivity contribution is 0.414. The van der Waals surface area contributed by atoms with E-state index >= 15 is 0 Å². The molecule has 0 saturated carbocycles. The summed E-state index contributed by atoms with van der Waals surface area (Å²) in [6, 6.07) is 25.9. The SMILES string of the molecule is CCCCNc1nc(N(Cc2ccc(OC)cc2)Cc2ccc(OC)cc2)nc2ccn(Cc3ccc(Br)cc3)c(=O)c12. The van der Waals surface area contributed by atoms with Crippen molar-refractivity contribution in [2.75, 3.05) is 31.0 Å². The maximum absolute atomic E-state index is 13.8. The van der Waals surface area contributed by atoms with Crippen molar-refractivity contribution in [3.63, 3.8) is 0 Å². The third-order valence-electron chi connectivity index (χ3n) is 7.25. The zero-order valence-electron chi connectivity index (χ0n) is 24.7. The smallest absolute Gasteiger partial charge is 0.264 e. The van der Waals surface area contributed by atoms with E-state index in [2.05, 4.69) is 33.1 Å². The predicted molar refractivity (Wildman–Crippen MR) is 176 cm³/mol. The number of ether oxygens (including phenoxy) is 2. The molecule has 9 heteroatoms. The Balaban J connectivity index is 1.56. The molecule has 0 fully saturated rings. The van der Waals surface area contributed by atoms with Gasteiger partial charge in [0.15, 0.2) is 0 Å². The molecule has 5 rings (SSSR count). The van der Waals surface area contributed by atoms with Gasteiger partial charge in [-0.1, -0.05) is 65.7 Å². The first-order valence-electron chi connectivity index (χ1n) is 14.4. The minimum atomic E-state index is -0.122. The summed E-state index contributed by atoms with van der Waals surface area (Å²) in [6.07, 6.45) is 3.80. The van der Waals surface area contributed by atoms with Crippen LogP contribution in [0.25, 0.3) is 10.9 Å². The van der Waals surface area contributed by atoms with Crippen molar-refractivity contribution >= 4 is 38.6 Å². The Morgan fingerprint density at radius 1 is 0.814 bits per heavy atom. The molecule has 0 radical (unpaired) electrons. The molecule has 0 unspecified atom stereocenters. The molecule has 0 spiro atoms. The van der Waals surface area contributed by atoms with E-state index in [-0.39, 0.29) is 5.56 Å². The highest BCUT2D eigenvalue weighted by Crippen LogP contribution is 2.25. The molecule has 3 aromatic carbocycles. The lowest BCUT2D eigenvalue weighted by Gasteiger charge is -2.24. The first-order valence-corrected chi connectivity index (χ1v) is 15.2. The standard InChI is InChI=1S/C34H36BrN5O3/c1-4-5-19-36-32-31-30(18-20-39(33(31)41)21-24-6-12-27(35)13-7-24)37-34(38-32)40(22-25-8-14-28(42-2)15-9-25)23-26-10-16-29(43-3)17-11-26/h6-18,20H,4-5,19,21-23H2,1-3H3,(H,36,37,38). The summed E-state index contributed by atoms with van der Waals surface area (Å²) in [4.78, 5) is 25.9. The molecule has 0 aliphatic heterocycles. The van der Waals surface area contributed by atoms with Gasteiger partial charge in [-0.05, 0) is 65.6 Å². The fourth-order valence-electron chi connectivity index (χ4n) is 4.83. The van der Waals surface area contributed by atoms with Crippen molar-refractivity contribution in [1.82, 2.24) is 14.5 Å². The first kappa shape index (κ1) is 30.1. The van der Waals surface area contributed by atoms with Crippen LogP contribution in [-0.2, 0) is 19.6 Å². The van der Waals surface area contributed by atoms with Gasteiger partial charge in [-0.15, -0.1) is 0 Å². The third-order valence-corrected chi connectivity index (χ3v) is 7.78. The Hall–Kier alpha value is -4.37. The molecule has 8 nitrogen and oxygen atoms in total. The molecule has 0 aliphatic carbocycles. The summed E-state index contributed by atoms with van der Waals surface area (Å²) in [5, 5.41) is 3.94. The number of unbranched alkanes of at least 4 members (excludes halogenated alkanes) is 1. The van der Waals surface area contributed by atoms with Crippen LogP contribution in [0.1, 0.15) is 36.5 Å². The number of anilines is 2. The Labute approximate surface area is 260 Å². The fourth-order valence-corrected chi connectivity index (χ4v) is 5.10. The summed E-state index contributed by atoms with van der Waals surface area (Å²) in [6.45, 7) is 4.44. The number of aromatic nitrogens is 3. The largest absolute Gasteiger partial charge is 0.497 e. The summed E-state index contributed by atoms with van der Waals surface area (Å²) in [7, 11) is 3.32. The molecule has 0 atom stereocenters. The van der Waals surface area contributed by atoms with Crippen LogP contribution < -0.4 is 25.2 Å². The van der Waals surface area contributed by atoms with E-state index in [0.29, 0.717) is 48.8 Å². The van der Waals surface area contributed by atoms with Gasteiger partial charge in [0.25, 0.3) is 5.56 Å². The molecule has 2 aromatic heterocycles. The van der Waals surface area contributed by atoms with E-state index < -0.39 is 0 Å². The topological polar surface area (TPSA) is 81.5 Å². The molecule has 5 aromatic rings. The highest BCUT2D eigenvalue weighted by atomic mass is 79.9. The Kier molecular flexibility index (Phi) is 9.94. The molecule has 0 saturated heterocycles. The molecule has 0 aliphatic rings. The lowest BCUT2D eigenvalue weighted by atomic mass is 10.1.